The van der Waals surface area contributed by atoms with Crippen LogP contribution >= 0.6 is 0 Å². The lowest BCUT2D eigenvalue weighted by atomic mass is 10.1. The van der Waals surface area contributed by atoms with Gasteiger partial charge in [0.2, 0.25) is 0 Å². The number of carbonyl (C=O) groups excluding carboxylic acids is 1. The maximum Gasteiger partial charge on any atom is 0.123 e. The van der Waals surface area contributed by atoms with Crippen molar-refractivity contribution in [1.82, 2.24) is 0 Å². The van der Waals surface area contributed by atoms with Gasteiger partial charge in [0.15, 0.2) is 0 Å². The van der Waals surface area contributed by atoms with Crippen molar-refractivity contribution in [3.63, 3.8) is 0 Å². The predicted molar refractivity (Wildman–Crippen MR) is 57.4 cm³/mol. The number of rotatable bonds is 4. The minimum absolute atomic E-state index is 0.464. The van der Waals surface area contributed by atoms with Crippen LogP contribution in [0.1, 0.15) is 17.5 Å². The zero-order valence-corrected chi connectivity index (χ0v) is 8.49. The lowest BCUT2D eigenvalue weighted by molar-refractivity contribution is -0.107. The van der Waals surface area contributed by atoms with Crippen molar-refractivity contribution in [2.45, 2.75) is 13.3 Å². The minimum atomic E-state index is 0.464. The van der Waals surface area contributed by atoms with Crippen molar-refractivity contribution < 1.29 is 9.53 Å². The molecule has 74 valence electrons. The molecule has 0 aliphatic rings. The Kier molecular flexibility index (Phi) is 3.92. The number of ether oxygens (including phenoxy) is 1. The molecule has 0 atom stereocenters. The fourth-order valence-corrected chi connectivity index (χ4v) is 1.21. The Morgan fingerprint density at radius 1 is 1.43 bits per heavy atom. The molecule has 2 heteroatoms. The molecule has 0 aromatic heterocycles. The van der Waals surface area contributed by atoms with Gasteiger partial charge >= 0.3 is 0 Å². The van der Waals surface area contributed by atoms with Crippen LogP contribution in [0.25, 0.3) is 6.08 Å². The molecule has 0 N–H and O–H groups in total. The van der Waals surface area contributed by atoms with Gasteiger partial charge in [0.25, 0.3) is 0 Å². The summed E-state index contributed by atoms with van der Waals surface area (Å²) in [6.07, 6.45) is 5.14. The largest absolute Gasteiger partial charge is 0.497 e. The third-order valence-corrected chi connectivity index (χ3v) is 2.01. The number of benzene rings is 1. The van der Waals surface area contributed by atoms with Gasteiger partial charge in [-0.05, 0) is 30.2 Å². The highest BCUT2D eigenvalue weighted by Gasteiger charge is 1.96. The monoisotopic (exact) mass is 190 g/mol. The summed E-state index contributed by atoms with van der Waals surface area (Å²) < 4.78 is 5.10. The molecule has 0 bridgehead atoms. The zero-order valence-electron chi connectivity index (χ0n) is 8.49. The van der Waals surface area contributed by atoms with Crippen molar-refractivity contribution in [2.75, 3.05) is 7.11 Å². The summed E-state index contributed by atoms with van der Waals surface area (Å²) in [6.45, 7) is 2.02. The number of hydrogen-bond donors (Lipinski definition) is 0. The molecule has 0 aliphatic carbocycles. The van der Waals surface area contributed by atoms with Crippen LogP contribution < -0.4 is 4.74 Å². The number of aldehydes is 1. The summed E-state index contributed by atoms with van der Waals surface area (Å²) in [4.78, 5) is 10.1. The molecule has 14 heavy (non-hydrogen) atoms. The standard InChI is InChI=1S/C12H14O2/c1-10-9-12(14-2)7-6-11(10)5-3-4-8-13/h3,5-9H,4H2,1-2H3. The van der Waals surface area contributed by atoms with Crippen LogP contribution in [-0.4, -0.2) is 13.4 Å². The minimum Gasteiger partial charge on any atom is -0.497 e. The average Bonchev–Trinajstić information content (AvgIpc) is 2.20. The Hall–Kier alpha value is -1.57. The van der Waals surface area contributed by atoms with Crippen LogP contribution in [0.4, 0.5) is 0 Å². The molecule has 2 nitrogen and oxygen atoms in total. The van der Waals surface area contributed by atoms with E-state index in [2.05, 4.69) is 0 Å². The zero-order chi connectivity index (χ0) is 10.4. The molecular formula is C12H14O2. The van der Waals surface area contributed by atoms with Crippen LogP contribution in [0.3, 0.4) is 0 Å². The highest BCUT2D eigenvalue weighted by atomic mass is 16.5. The fourth-order valence-electron chi connectivity index (χ4n) is 1.21. The summed E-state index contributed by atoms with van der Waals surface area (Å²) in [5, 5.41) is 0. The van der Waals surface area contributed by atoms with Gasteiger partial charge in [-0.2, -0.15) is 0 Å². The molecule has 0 saturated heterocycles. The first kappa shape index (κ1) is 10.5. The Labute approximate surface area is 84.2 Å². The van der Waals surface area contributed by atoms with Gasteiger partial charge in [0.05, 0.1) is 7.11 Å². The van der Waals surface area contributed by atoms with Crippen molar-refractivity contribution in [3.05, 3.63) is 35.4 Å². The summed E-state index contributed by atoms with van der Waals surface area (Å²) in [6, 6.07) is 5.86. The quantitative estimate of drug-likeness (QED) is 0.682. The average molecular weight is 190 g/mol. The molecule has 0 saturated carbocycles. The molecule has 0 fully saturated rings. The van der Waals surface area contributed by atoms with E-state index in [-0.39, 0.29) is 0 Å². The molecule has 1 aromatic rings. The topological polar surface area (TPSA) is 26.3 Å². The summed E-state index contributed by atoms with van der Waals surface area (Å²) in [5.41, 5.74) is 2.26. The molecular weight excluding hydrogens is 176 g/mol. The van der Waals surface area contributed by atoms with Crippen LogP contribution in [0.15, 0.2) is 24.3 Å². The number of carbonyl (C=O) groups is 1. The van der Waals surface area contributed by atoms with E-state index < -0.39 is 0 Å². The second-order valence-corrected chi connectivity index (χ2v) is 3.03. The van der Waals surface area contributed by atoms with Crippen molar-refractivity contribution in [3.8, 4) is 5.75 Å². The van der Waals surface area contributed by atoms with E-state index in [0.29, 0.717) is 6.42 Å². The molecule has 0 radical (unpaired) electrons. The predicted octanol–water partition coefficient (Wildman–Crippen LogP) is 2.61. The molecule has 0 amide bonds. The fraction of sp³-hybridized carbons (Fsp3) is 0.250. The van der Waals surface area contributed by atoms with E-state index in [0.717, 1.165) is 23.2 Å². The maximum atomic E-state index is 10.1. The van der Waals surface area contributed by atoms with Gasteiger partial charge in [-0.3, -0.25) is 0 Å². The van der Waals surface area contributed by atoms with E-state index in [4.69, 9.17) is 4.74 Å². The van der Waals surface area contributed by atoms with E-state index in [1.54, 1.807) is 7.11 Å². The highest BCUT2D eigenvalue weighted by Crippen LogP contribution is 2.17. The number of hydrogen-bond acceptors (Lipinski definition) is 2. The first-order valence-corrected chi connectivity index (χ1v) is 4.52. The molecule has 0 unspecified atom stereocenters. The number of allylic oxidation sites excluding steroid dienone is 1. The number of aryl methyl sites for hydroxylation is 1. The van der Waals surface area contributed by atoms with Gasteiger partial charge in [-0.1, -0.05) is 18.2 Å². The van der Waals surface area contributed by atoms with Crippen LogP contribution in [-0.2, 0) is 4.79 Å². The lowest BCUT2D eigenvalue weighted by Crippen LogP contribution is -1.85. The number of methoxy groups -OCH3 is 1. The Morgan fingerprint density at radius 2 is 2.21 bits per heavy atom. The third-order valence-electron chi connectivity index (χ3n) is 2.01. The van der Waals surface area contributed by atoms with Crippen molar-refractivity contribution in [2.24, 2.45) is 0 Å². The van der Waals surface area contributed by atoms with E-state index in [9.17, 15) is 4.79 Å². The van der Waals surface area contributed by atoms with Crippen molar-refractivity contribution in [1.29, 1.82) is 0 Å². The SMILES string of the molecule is COc1ccc(C=CCC=O)c(C)c1. The van der Waals surface area contributed by atoms with Gasteiger partial charge in [-0.15, -0.1) is 0 Å². The van der Waals surface area contributed by atoms with Crippen molar-refractivity contribution >= 4 is 12.4 Å². The normalized spacial score (nSPS) is 10.4. The van der Waals surface area contributed by atoms with Gasteiger partial charge in [0, 0.05) is 6.42 Å². The Morgan fingerprint density at radius 3 is 2.79 bits per heavy atom. The lowest BCUT2D eigenvalue weighted by Gasteiger charge is -2.03. The van der Waals surface area contributed by atoms with Gasteiger partial charge in [0.1, 0.15) is 12.0 Å². The van der Waals surface area contributed by atoms with Gasteiger partial charge in [-0.25, -0.2) is 0 Å². The first-order valence-electron chi connectivity index (χ1n) is 4.52. The second-order valence-electron chi connectivity index (χ2n) is 3.03. The van der Waals surface area contributed by atoms with E-state index in [1.165, 1.54) is 0 Å². The molecule has 0 spiro atoms. The van der Waals surface area contributed by atoms with Crippen LogP contribution in [0.5, 0.6) is 5.75 Å². The van der Waals surface area contributed by atoms with E-state index in [1.807, 2.05) is 37.3 Å². The smallest absolute Gasteiger partial charge is 0.123 e. The molecule has 0 heterocycles. The molecule has 1 aromatic carbocycles. The highest BCUT2D eigenvalue weighted by molar-refractivity contribution is 5.60. The maximum absolute atomic E-state index is 10.1. The Balaban J connectivity index is 2.83. The summed E-state index contributed by atoms with van der Waals surface area (Å²) in [7, 11) is 1.65. The van der Waals surface area contributed by atoms with Crippen LogP contribution in [0, 0.1) is 6.92 Å². The summed E-state index contributed by atoms with van der Waals surface area (Å²) >= 11 is 0. The van der Waals surface area contributed by atoms with Gasteiger partial charge < -0.3 is 9.53 Å². The summed E-state index contributed by atoms with van der Waals surface area (Å²) in [5.74, 6) is 0.857. The van der Waals surface area contributed by atoms with Crippen LogP contribution in [0.2, 0.25) is 0 Å². The first-order chi connectivity index (χ1) is 6.77. The molecule has 1 rings (SSSR count). The second kappa shape index (κ2) is 5.22. The third kappa shape index (κ3) is 2.73. The Bertz CT molecular complexity index is 340. The molecule has 0 aliphatic heterocycles. The van der Waals surface area contributed by atoms with E-state index >= 15 is 0 Å².